The Balaban J connectivity index is 1.78. The number of nitrogens with zero attached hydrogens (tertiary/aromatic N) is 1. The van der Waals surface area contributed by atoms with E-state index in [9.17, 15) is 5.11 Å². The van der Waals surface area contributed by atoms with Crippen molar-refractivity contribution in [1.82, 2.24) is 4.90 Å². The molecule has 4 heteroatoms. The molecule has 2 heterocycles. The van der Waals surface area contributed by atoms with Gasteiger partial charge in [-0.1, -0.05) is 6.92 Å². The fourth-order valence-electron chi connectivity index (χ4n) is 3.25. The second kappa shape index (κ2) is 5.02. The highest BCUT2D eigenvalue weighted by Gasteiger charge is 2.34. The largest absolute Gasteiger partial charge is 0.508 e. The summed E-state index contributed by atoms with van der Waals surface area (Å²) in [7, 11) is 0. The lowest BCUT2D eigenvalue weighted by molar-refractivity contribution is 0.0791. The van der Waals surface area contributed by atoms with Crippen molar-refractivity contribution >= 4 is 0 Å². The molecule has 3 rings (SSSR count). The first-order chi connectivity index (χ1) is 9.19. The normalized spacial score (nSPS) is 30.9. The van der Waals surface area contributed by atoms with Gasteiger partial charge >= 0.3 is 0 Å². The van der Waals surface area contributed by atoms with Crippen molar-refractivity contribution in [3.63, 3.8) is 0 Å². The minimum Gasteiger partial charge on any atom is -0.508 e. The van der Waals surface area contributed by atoms with Crippen LogP contribution in [0.1, 0.15) is 24.9 Å². The number of phenolic OH excluding ortho intramolecular Hbond substituents is 1. The first-order valence-corrected chi connectivity index (χ1v) is 7.09. The number of aromatic hydroxyl groups is 1. The Bertz CT molecular complexity index is 463. The summed E-state index contributed by atoms with van der Waals surface area (Å²) in [5, 5.41) is 9.50. The number of rotatable bonds is 2. The number of hydrogen-bond donors (Lipinski definition) is 2. The molecule has 0 spiro atoms. The molecule has 0 bridgehead atoms. The molecule has 0 aromatic heterocycles. The van der Waals surface area contributed by atoms with Crippen molar-refractivity contribution in [1.29, 1.82) is 0 Å². The molecule has 0 saturated carbocycles. The topological polar surface area (TPSA) is 58.7 Å². The van der Waals surface area contributed by atoms with Crippen molar-refractivity contribution in [3.8, 4) is 11.5 Å². The second-order valence-corrected chi connectivity index (χ2v) is 5.81. The van der Waals surface area contributed by atoms with E-state index in [2.05, 4.69) is 11.8 Å². The number of phenols is 1. The van der Waals surface area contributed by atoms with Crippen LogP contribution in [0.15, 0.2) is 18.2 Å². The highest BCUT2D eigenvalue weighted by molar-refractivity contribution is 5.44. The highest BCUT2D eigenvalue weighted by Crippen LogP contribution is 2.40. The molecule has 19 heavy (non-hydrogen) atoms. The molecule has 3 N–H and O–H groups in total. The monoisotopic (exact) mass is 262 g/mol. The van der Waals surface area contributed by atoms with Gasteiger partial charge in [-0.05, 0) is 43.5 Å². The zero-order chi connectivity index (χ0) is 13.4. The van der Waals surface area contributed by atoms with Gasteiger partial charge in [-0.2, -0.15) is 0 Å². The van der Waals surface area contributed by atoms with Gasteiger partial charge in [0.25, 0.3) is 0 Å². The molecule has 0 aliphatic carbocycles. The number of piperidine rings is 1. The average Bonchev–Trinajstić information content (AvgIpc) is 2.82. The predicted octanol–water partition coefficient (Wildman–Crippen LogP) is 1.74. The SMILES string of the molecule is CC1CCN(C2COc3cc(O)ccc32)CC1CN. The first kappa shape index (κ1) is 12.8. The number of nitrogens with two attached hydrogens (primary N) is 1. The van der Waals surface area contributed by atoms with Crippen LogP contribution in [0.25, 0.3) is 0 Å². The van der Waals surface area contributed by atoms with E-state index in [1.165, 1.54) is 12.0 Å². The zero-order valence-electron chi connectivity index (χ0n) is 11.4. The van der Waals surface area contributed by atoms with Crippen LogP contribution in [0.3, 0.4) is 0 Å². The minimum atomic E-state index is 0.270. The summed E-state index contributed by atoms with van der Waals surface area (Å²) in [5.74, 6) is 2.39. The molecule has 1 fully saturated rings. The molecule has 1 aromatic rings. The van der Waals surface area contributed by atoms with Gasteiger partial charge in [0.1, 0.15) is 18.1 Å². The van der Waals surface area contributed by atoms with Crippen LogP contribution < -0.4 is 10.5 Å². The van der Waals surface area contributed by atoms with Gasteiger partial charge < -0.3 is 15.6 Å². The molecule has 2 aliphatic rings. The molecule has 0 radical (unpaired) electrons. The van der Waals surface area contributed by atoms with Crippen molar-refractivity contribution in [3.05, 3.63) is 23.8 Å². The summed E-state index contributed by atoms with van der Waals surface area (Å²) >= 11 is 0. The van der Waals surface area contributed by atoms with E-state index < -0.39 is 0 Å². The summed E-state index contributed by atoms with van der Waals surface area (Å²) in [5.41, 5.74) is 7.08. The van der Waals surface area contributed by atoms with E-state index in [1.54, 1.807) is 12.1 Å². The lowest BCUT2D eigenvalue weighted by Crippen LogP contribution is -2.44. The predicted molar refractivity (Wildman–Crippen MR) is 74.2 cm³/mol. The van der Waals surface area contributed by atoms with E-state index in [-0.39, 0.29) is 5.75 Å². The Morgan fingerprint density at radius 1 is 1.47 bits per heavy atom. The van der Waals surface area contributed by atoms with Gasteiger partial charge in [0.2, 0.25) is 0 Å². The smallest absolute Gasteiger partial charge is 0.127 e. The summed E-state index contributed by atoms with van der Waals surface area (Å²) in [6.45, 7) is 5.89. The van der Waals surface area contributed by atoms with Crippen molar-refractivity contribution in [2.45, 2.75) is 19.4 Å². The lowest BCUT2D eigenvalue weighted by Gasteiger charge is -2.39. The molecule has 0 amide bonds. The fourth-order valence-corrected chi connectivity index (χ4v) is 3.25. The van der Waals surface area contributed by atoms with Crippen molar-refractivity contribution in [2.24, 2.45) is 17.6 Å². The van der Waals surface area contributed by atoms with E-state index in [4.69, 9.17) is 10.5 Å². The summed E-state index contributed by atoms with van der Waals surface area (Å²) in [4.78, 5) is 2.49. The van der Waals surface area contributed by atoms with Crippen LogP contribution in [0.5, 0.6) is 11.5 Å². The van der Waals surface area contributed by atoms with Gasteiger partial charge in [0.15, 0.2) is 0 Å². The molecule has 1 saturated heterocycles. The van der Waals surface area contributed by atoms with Crippen molar-refractivity contribution in [2.75, 3.05) is 26.2 Å². The number of fused-ring (bicyclic) bond motifs is 1. The van der Waals surface area contributed by atoms with Gasteiger partial charge in [0.05, 0.1) is 6.04 Å². The lowest BCUT2D eigenvalue weighted by atomic mass is 9.86. The summed E-state index contributed by atoms with van der Waals surface area (Å²) in [6.07, 6.45) is 1.20. The zero-order valence-corrected chi connectivity index (χ0v) is 11.4. The molecule has 1 aromatic carbocycles. The third-order valence-corrected chi connectivity index (χ3v) is 4.64. The van der Waals surface area contributed by atoms with E-state index in [0.29, 0.717) is 24.5 Å². The van der Waals surface area contributed by atoms with Gasteiger partial charge in [-0.25, -0.2) is 0 Å². The first-order valence-electron chi connectivity index (χ1n) is 7.09. The summed E-state index contributed by atoms with van der Waals surface area (Å²) in [6, 6.07) is 5.75. The van der Waals surface area contributed by atoms with Gasteiger partial charge in [-0.3, -0.25) is 4.90 Å². The number of benzene rings is 1. The second-order valence-electron chi connectivity index (χ2n) is 5.81. The highest BCUT2D eigenvalue weighted by atomic mass is 16.5. The maximum absolute atomic E-state index is 9.50. The Morgan fingerprint density at radius 3 is 3.11 bits per heavy atom. The van der Waals surface area contributed by atoms with E-state index in [0.717, 1.165) is 25.4 Å². The van der Waals surface area contributed by atoms with Crippen LogP contribution in [0, 0.1) is 11.8 Å². The van der Waals surface area contributed by atoms with E-state index >= 15 is 0 Å². The Kier molecular flexibility index (Phi) is 3.37. The molecular formula is C15H22N2O2. The molecule has 104 valence electrons. The van der Waals surface area contributed by atoms with Gasteiger partial charge in [0, 0.05) is 18.2 Å². The van der Waals surface area contributed by atoms with Gasteiger partial charge in [-0.15, -0.1) is 0 Å². The Morgan fingerprint density at radius 2 is 2.32 bits per heavy atom. The van der Waals surface area contributed by atoms with Crippen LogP contribution >= 0.6 is 0 Å². The third kappa shape index (κ3) is 2.30. The average molecular weight is 262 g/mol. The number of likely N-dealkylation sites (tertiary alicyclic amines) is 1. The summed E-state index contributed by atoms with van der Waals surface area (Å²) < 4.78 is 5.71. The van der Waals surface area contributed by atoms with E-state index in [1.807, 2.05) is 6.07 Å². The fraction of sp³-hybridized carbons (Fsp3) is 0.600. The Labute approximate surface area is 114 Å². The van der Waals surface area contributed by atoms with Crippen LogP contribution in [-0.2, 0) is 0 Å². The van der Waals surface area contributed by atoms with Crippen LogP contribution in [0.4, 0.5) is 0 Å². The Hall–Kier alpha value is -1.26. The molecule has 3 unspecified atom stereocenters. The molecule has 3 atom stereocenters. The molecular weight excluding hydrogens is 240 g/mol. The third-order valence-electron chi connectivity index (χ3n) is 4.64. The minimum absolute atomic E-state index is 0.270. The quantitative estimate of drug-likeness (QED) is 0.852. The van der Waals surface area contributed by atoms with Crippen LogP contribution in [0.2, 0.25) is 0 Å². The maximum atomic E-state index is 9.50. The molecule has 4 nitrogen and oxygen atoms in total. The maximum Gasteiger partial charge on any atom is 0.127 e. The van der Waals surface area contributed by atoms with Crippen LogP contribution in [-0.4, -0.2) is 36.2 Å². The standard InChI is InChI=1S/C15H22N2O2/c1-10-4-5-17(8-11(10)7-16)14-9-19-15-6-12(18)2-3-13(14)15/h2-3,6,10-11,14,18H,4-5,7-9,16H2,1H3. The van der Waals surface area contributed by atoms with Crippen molar-refractivity contribution < 1.29 is 9.84 Å². The number of ether oxygens (including phenoxy) is 1. The molecule has 2 aliphatic heterocycles. The number of hydrogen-bond acceptors (Lipinski definition) is 4.